The maximum Gasteiger partial charge on any atom is 0.281 e. The van der Waals surface area contributed by atoms with Crippen LogP contribution in [-0.2, 0) is 12.8 Å². The summed E-state index contributed by atoms with van der Waals surface area (Å²) in [5, 5.41) is 16.8. The van der Waals surface area contributed by atoms with E-state index in [0.717, 1.165) is 46.8 Å². The molecule has 5 nitrogen and oxygen atoms in total. The predicted molar refractivity (Wildman–Crippen MR) is 114 cm³/mol. The normalized spacial score (nSPS) is 13.5. The minimum atomic E-state index is -0.210. The highest BCUT2D eigenvalue weighted by molar-refractivity contribution is 7.15. The van der Waals surface area contributed by atoms with Crippen LogP contribution in [0.5, 0.6) is 0 Å². The Morgan fingerprint density at radius 2 is 2.18 bits per heavy atom. The quantitative estimate of drug-likeness (QED) is 0.501. The summed E-state index contributed by atoms with van der Waals surface area (Å²) < 4.78 is 2.14. The van der Waals surface area contributed by atoms with Crippen molar-refractivity contribution >= 4 is 34.8 Å². The molecule has 0 spiro atoms. The van der Waals surface area contributed by atoms with Gasteiger partial charge in [-0.2, -0.15) is 10.4 Å². The molecule has 3 aromatic heterocycles. The number of nitriles is 1. The van der Waals surface area contributed by atoms with Crippen molar-refractivity contribution in [3.63, 3.8) is 0 Å². The van der Waals surface area contributed by atoms with Crippen LogP contribution in [0.1, 0.15) is 55.5 Å². The molecule has 28 heavy (non-hydrogen) atoms. The van der Waals surface area contributed by atoms with Crippen LogP contribution in [0, 0.1) is 25.2 Å². The SMILES string of the molecule is Cc1cc(C=NNC(=O)c2cccs2)c(C)n1-c1sc2c(c1C#N)CCCC2. The fraction of sp³-hybridized carbons (Fsp3) is 0.286. The van der Waals surface area contributed by atoms with E-state index in [4.69, 9.17) is 0 Å². The molecule has 0 atom stereocenters. The van der Waals surface area contributed by atoms with Gasteiger partial charge in [0.1, 0.15) is 11.1 Å². The third-order valence-corrected chi connectivity index (χ3v) is 7.20. The molecule has 4 rings (SSSR count). The fourth-order valence-electron chi connectivity index (χ4n) is 3.68. The Kier molecular flexibility index (Phi) is 5.16. The fourth-order valence-corrected chi connectivity index (χ4v) is 5.74. The molecule has 0 aliphatic heterocycles. The van der Waals surface area contributed by atoms with E-state index in [0.29, 0.717) is 4.88 Å². The van der Waals surface area contributed by atoms with Crippen molar-refractivity contribution in [3.05, 3.63) is 61.4 Å². The highest BCUT2D eigenvalue weighted by atomic mass is 32.1. The van der Waals surface area contributed by atoms with Gasteiger partial charge >= 0.3 is 0 Å². The Labute approximate surface area is 171 Å². The first-order valence-corrected chi connectivity index (χ1v) is 10.9. The topological polar surface area (TPSA) is 70.2 Å². The Hall–Kier alpha value is -2.69. The number of hydrogen-bond donors (Lipinski definition) is 1. The third kappa shape index (κ3) is 3.30. The number of aromatic nitrogens is 1. The number of hydrogen-bond acceptors (Lipinski definition) is 5. The maximum absolute atomic E-state index is 12.0. The summed E-state index contributed by atoms with van der Waals surface area (Å²) in [5.41, 5.74) is 7.62. The molecule has 3 aromatic rings. The van der Waals surface area contributed by atoms with Gasteiger partial charge in [0.2, 0.25) is 0 Å². The van der Waals surface area contributed by atoms with Crippen LogP contribution in [0.2, 0.25) is 0 Å². The number of carbonyl (C=O) groups excluding carboxylic acids is 1. The molecule has 0 saturated carbocycles. The van der Waals surface area contributed by atoms with Crippen LogP contribution in [-0.4, -0.2) is 16.7 Å². The number of rotatable bonds is 4. The number of amides is 1. The Morgan fingerprint density at radius 3 is 2.93 bits per heavy atom. The number of nitrogens with zero attached hydrogens (tertiary/aromatic N) is 3. The molecule has 1 aliphatic rings. The van der Waals surface area contributed by atoms with Crippen LogP contribution < -0.4 is 5.43 Å². The van der Waals surface area contributed by atoms with E-state index in [1.807, 2.05) is 31.4 Å². The number of hydrazone groups is 1. The van der Waals surface area contributed by atoms with E-state index in [9.17, 15) is 10.1 Å². The van der Waals surface area contributed by atoms with Crippen LogP contribution in [0.15, 0.2) is 28.7 Å². The summed E-state index contributed by atoms with van der Waals surface area (Å²) in [6.45, 7) is 4.06. The lowest BCUT2D eigenvalue weighted by atomic mass is 9.96. The predicted octanol–water partition coefficient (Wildman–Crippen LogP) is 4.73. The van der Waals surface area contributed by atoms with Gasteiger partial charge in [-0.25, -0.2) is 5.43 Å². The number of fused-ring (bicyclic) bond motifs is 1. The second-order valence-electron chi connectivity index (χ2n) is 6.84. The molecule has 7 heteroatoms. The highest BCUT2D eigenvalue weighted by Gasteiger charge is 2.23. The van der Waals surface area contributed by atoms with Crippen molar-refractivity contribution in [1.29, 1.82) is 5.26 Å². The van der Waals surface area contributed by atoms with Crippen LogP contribution in [0.25, 0.3) is 5.00 Å². The van der Waals surface area contributed by atoms with Gasteiger partial charge in [0.15, 0.2) is 0 Å². The van der Waals surface area contributed by atoms with Gasteiger partial charge in [-0.15, -0.1) is 22.7 Å². The van der Waals surface area contributed by atoms with Gasteiger partial charge in [0.25, 0.3) is 5.91 Å². The number of carbonyl (C=O) groups is 1. The van der Waals surface area contributed by atoms with E-state index >= 15 is 0 Å². The summed E-state index contributed by atoms with van der Waals surface area (Å²) in [4.78, 5) is 14.0. The average molecular weight is 409 g/mol. The van der Waals surface area contributed by atoms with Crippen LogP contribution >= 0.6 is 22.7 Å². The first kappa shape index (κ1) is 18.7. The minimum Gasteiger partial charge on any atom is -0.308 e. The molecule has 1 N–H and O–H groups in total. The molecule has 0 unspecified atom stereocenters. The first-order valence-electron chi connectivity index (χ1n) is 9.21. The number of thiophene rings is 2. The van der Waals surface area contributed by atoms with Gasteiger partial charge in [0, 0.05) is 21.8 Å². The second-order valence-corrected chi connectivity index (χ2v) is 8.87. The highest BCUT2D eigenvalue weighted by Crippen LogP contribution is 2.38. The van der Waals surface area contributed by atoms with Crippen molar-refractivity contribution < 1.29 is 4.79 Å². The Bertz CT molecular complexity index is 1100. The zero-order chi connectivity index (χ0) is 19.7. The van der Waals surface area contributed by atoms with Crippen LogP contribution in [0.4, 0.5) is 0 Å². The van der Waals surface area contributed by atoms with E-state index in [1.165, 1.54) is 28.2 Å². The van der Waals surface area contributed by atoms with Gasteiger partial charge in [-0.05, 0) is 62.6 Å². The Morgan fingerprint density at radius 1 is 1.36 bits per heavy atom. The van der Waals surface area contributed by atoms with E-state index in [1.54, 1.807) is 23.6 Å². The van der Waals surface area contributed by atoms with Crippen molar-refractivity contribution in [2.75, 3.05) is 0 Å². The minimum absolute atomic E-state index is 0.210. The molecule has 0 saturated heterocycles. The molecule has 142 valence electrons. The number of aryl methyl sites for hydroxylation is 2. The molecular weight excluding hydrogens is 388 g/mol. The van der Waals surface area contributed by atoms with Crippen molar-refractivity contribution in [2.24, 2.45) is 5.10 Å². The van der Waals surface area contributed by atoms with Gasteiger partial charge in [-0.1, -0.05) is 6.07 Å². The molecule has 1 aliphatic carbocycles. The molecule has 0 bridgehead atoms. The molecule has 1 amide bonds. The van der Waals surface area contributed by atoms with Gasteiger partial charge in [0.05, 0.1) is 16.7 Å². The molecule has 0 aromatic carbocycles. The van der Waals surface area contributed by atoms with Gasteiger partial charge in [-0.3, -0.25) is 4.79 Å². The summed E-state index contributed by atoms with van der Waals surface area (Å²) >= 11 is 3.12. The molecular formula is C21H20N4OS2. The van der Waals surface area contributed by atoms with Gasteiger partial charge < -0.3 is 4.57 Å². The summed E-state index contributed by atoms with van der Waals surface area (Å²) in [5.74, 6) is -0.210. The first-order chi connectivity index (χ1) is 13.6. The zero-order valence-electron chi connectivity index (χ0n) is 15.8. The van der Waals surface area contributed by atoms with E-state index < -0.39 is 0 Å². The Balaban J connectivity index is 1.64. The average Bonchev–Trinajstić information content (AvgIpc) is 3.40. The molecule has 3 heterocycles. The lowest BCUT2D eigenvalue weighted by molar-refractivity contribution is 0.0959. The molecule has 0 fully saturated rings. The summed E-state index contributed by atoms with van der Waals surface area (Å²) in [6, 6.07) is 8.08. The summed E-state index contributed by atoms with van der Waals surface area (Å²) in [7, 11) is 0. The standard InChI is InChI=1S/C21H20N4OS2/c1-13-10-15(12-23-24-20(26)19-8-5-9-27-19)14(2)25(13)21-17(11-22)16-6-3-4-7-18(16)28-21/h5,8-10,12H,3-4,6-7H2,1-2H3,(H,24,26). The molecule has 0 radical (unpaired) electrons. The van der Waals surface area contributed by atoms with E-state index in [-0.39, 0.29) is 5.91 Å². The maximum atomic E-state index is 12.0. The monoisotopic (exact) mass is 408 g/mol. The third-order valence-electron chi connectivity index (χ3n) is 5.05. The van der Waals surface area contributed by atoms with E-state index in [2.05, 4.69) is 21.2 Å². The second kappa shape index (κ2) is 7.74. The van der Waals surface area contributed by atoms with Crippen molar-refractivity contribution in [3.8, 4) is 11.1 Å². The zero-order valence-corrected chi connectivity index (χ0v) is 17.4. The van der Waals surface area contributed by atoms with Crippen molar-refractivity contribution in [2.45, 2.75) is 39.5 Å². The lowest BCUT2D eigenvalue weighted by Crippen LogP contribution is -2.16. The summed E-state index contributed by atoms with van der Waals surface area (Å²) in [6.07, 6.45) is 6.09. The lowest BCUT2D eigenvalue weighted by Gasteiger charge is -2.10. The largest absolute Gasteiger partial charge is 0.308 e. The van der Waals surface area contributed by atoms with Crippen molar-refractivity contribution in [1.82, 2.24) is 9.99 Å². The smallest absolute Gasteiger partial charge is 0.281 e. The van der Waals surface area contributed by atoms with Crippen LogP contribution in [0.3, 0.4) is 0 Å². The number of nitrogens with one attached hydrogen (secondary N) is 1.